The van der Waals surface area contributed by atoms with Gasteiger partial charge >= 0.3 is 0 Å². The van der Waals surface area contributed by atoms with Crippen molar-refractivity contribution in [1.82, 2.24) is 19.8 Å². The van der Waals surface area contributed by atoms with Gasteiger partial charge in [0.25, 0.3) is 0 Å². The summed E-state index contributed by atoms with van der Waals surface area (Å²) in [7, 11) is 0. The van der Waals surface area contributed by atoms with Crippen LogP contribution in [0.4, 0.5) is 5.69 Å². The van der Waals surface area contributed by atoms with Crippen LogP contribution >= 0.6 is 12.2 Å². The molecule has 4 aromatic rings. The second-order valence-corrected chi connectivity index (χ2v) is 11.0. The molecule has 2 aromatic heterocycles. The number of thiocarbonyl (C=S) groups is 1. The summed E-state index contributed by atoms with van der Waals surface area (Å²) in [6, 6.07) is 22.6. The van der Waals surface area contributed by atoms with Crippen molar-refractivity contribution in [3.63, 3.8) is 0 Å². The maximum absolute atomic E-state index is 13.1. The van der Waals surface area contributed by atoms with Crippen molar-refractivity contribution in [3.05, 3.63) is 112 Å². The third-order valence-corrected chi connectivity index (χ3v) is 8.06. The normalized spacial score (nSPS) is 16.7. The zero-order valence-corrected chi connectivity index (χ0v) is 24.7. The van der Waals surface area contributed by atoms with Crippen LogP contribution in [0, 0.1) is 27.7 Å². The summed E-state index contributed by atoms with van der Waals surface area (Å²) < 4.78 is 2.32. The van der Waals surface area contributed by atoms with Gasteiger partial charge in [0.2, 0.25) is 5.91 Å². The fourth-order valence-corrected chi connectivity index (χ4v) is 6.27. The van der Waals surface area contributed by atoms with Gasteiger partial charge < -0.3 is 20.1 Å². The molecular formula is C33H37N5OS. The van der Waals surface area contributed by atoms with E-state index in [9.17, 15) is 4.79 Å². The van der Waals surface area contributed by atoms with E-state index in [1.165, 1.54) is 16.7 Å². The quantitative estimate of drug-likeness (QED) is 0.240. The predicted octanol–water partition coefficient (Wildman–Crippen LogP) is 6.67. The number of aryl methyl sites for hydroxylation is 4. The Morgan fingerprint density at radius 2 is 1.73 bits per heavy atom. The van der Waals surface area contributed by atoms with E-state index in [-0.39, 0.29) is 18.0 Å². The second kappa shape index (κ2) is 11.6. The third kappa shape index (κ3) is 5.52. The van der Waals surface area contributed by atoms with Gasteiger partial charge in [-0.15, -0.1) is 0 Å². The standard InChI is InChI=1S/C33H37N5OS/c1-6-25-11-7-8-12-28(25)35-30(39)14-16-37-32(31(36-33(37)40)29-13-9-10-15-34-29)27-20-23(4)38(24(27)5)26-18-21(2)17-22(3)19-26/h7-13,15,17-20,31-32H,6,14,16H2,1-5H3,(H,35,39)(H,36,40)/t31-,32-/m0/s1. The first-order valence-corrected chi connectivity index (χ1v) is 14.3. The highest BCUT2D eigenvalue weighted by Gasteiger charge is 2.41. The number of amides is 1. The predicted molar refractivity (Wildman–Crippen MR) is 166 cm³/mol. The minimum Gasteiger partial charge on any atom is -0.352 e. The summed E-state index contributed by atoms with van der Waals surface area (Å²) in [5.41, 5.74) is 10.0. The molecule has 3 heterocycles. The lowest BCUT2D eigenvalue weighted by Crippen LogP contribution is -2.33. The summed E-state index contributed by atoms with van der Waals surface area (Å²) in [5.74, 6) is -0.0237. The first-order chi connectivity index (χ1) is 19.3. The Bertz CT molecular complexity index is 1520. The molecule has 1 amide bonds. The van der Waals surface area contributed by atoms with E-state index >= 15 is 0 Å². The Kier molecular flexibility index (Phi) is 8.03. The van der Waals surface area contributed by atoms with Crippen molar-refractivity contribution in [2.45, 2.75) is 59.5 Å². The Labute approximate surface area is 242 Å². The van der Waals surface area contributed by atoms with Crippen molar-refractivity contribution in [2.24, 2.45) is 0 Å². The number of carbonyl (C=O) groups is 1. The molecule has 0 saturated carbocycles. The van der Waals surface area contributed by atoms with Gasteiger partial charge in [-0.2, -0.15) is 0 Å². The molecule has 2 aromatic carbocycles. The minimum absolute atomic E-state index is 0.0237. The molecule has 6 nitrogen and oxygen atoms in total. The molecule has 1 aliphatic rings. The van der Waals surface area contributed by atoms with Crippen LogP contribution in [0.3, 0.4) is 0 Å². The number of hydrogen-bond acceptors (Lipinski definition) is 3. The number of anilines is 1. The number of benzene rings is 2. The van der Waals surface area contributed by atoms with Crippen molar-refractivity contribution < 1.29 is 4.79 Å². The fraction of sp³-hybridized carbons (Fsp3) is 0.303. The van der Waals surface area contributed by atoms with Crippen LogP contribution in [0.15, 0.2) is 72.9 Å². The van der Waals surface area contributed by atoms with Crippen molar-refractivity contribution in [3.8, 4) is 5.69 Å². The second-order valence-electron chi connectivity index (χ2n) is 10.6. The largest absolute Gasteiger partial charge is 0.352 e. The number of hydrogen-bond donors (Lipinski definition) is 2. The summed E-state index contributed by atoms with van der Waals surface area (Å²) in [6.07, 6.45) is 3.00. The number of nitrogens with zero attached hydrogens (tertiary/aromatic N) is 3. The van der Waals surface area contributed by atoms with Crippen LogP contribution in [0.1, 0.15) is 64.8 Å². The number of rotatable bonds is 8. The summed E-state index contributed by atoms with van der Waals surface area (Å²) >= 11 is 5.87. The SMILES string of the molecule is CCc1ccccc1NC(=O)CCN1C(=S)N[C@@H](c2ccccn2)[C@@H]1c1cc(C)n(-c2cc(C)cc(C)c2)c1C. The van der Waals surface area contributed by atoms with Crippen molar-refractivity contribution >= 4 is 28.9 Å². The Morgan fingerprint density at radius 3 is 2.42 bits per heavy atom. The zero-order chi connectivity index (χ0) is 28.4. The van der Waals surface area contributed by atoms with E-state index < -0.39 is 0 Å². The molecule has 5 rings (SSSR count). The molecule has 1 saturated heterocycles. The summed E-state index contributed by atoms with van der Waals surface area (Å²) in [6.45, 7) is 11.2. The molecule has 0 spiro atoms. The number of nitrogens with one attached hydrogen (secondary N) is 2. The highest BCUT2D eigenvalue weighted by Crippen LogP contribution is 2.41. The number of aromatic nitrogens is 2. The molecule has 0 radical (unpaired) electrons. The monoisotopic (exact) mass is 551 g/mol. The summed E-state index contributed by atoms with van der Waals surface area (Å²) in [4.78, 5) is 19.9. The summed E-state index contributed by atoms with van der Waals surface area (Å²) in [5, 5.41) is 7.27. The average molecular weight is 552 g/mol. The van der Waals surface area contributed by atoms with Gasteiger partial charge in [0, 0.05) is 41.9 Å². The van der Waals surface area contributed by atoms with E-state index in [4.69, 9.17) is 12.2 Å². The molecule has 7 heteroatoms. The van der Waals surface area contributed by atoms with Crippen LogP contribution in [-0.2, 0) is 11.2 Å². The van der Waals surface area contributed by atoms with E-state index in [0.29, 0.717) is 18.1 Å². The van der Waals surface area contributed by atoms with Crippen molar-refractivity contribution in [2.75, 3.05) is 11.9 Å². The molecule has 0 bridgehead atoms. The molecule has 40 heavy (non-hydrogen) atoms. The molecule has 1 fully saturated rings. The van der Waals surface area contributed by atoms with Gasteiger partial charge in [0.1, 0.15) is 0 Å². The van der Waals surface area contributed by atoms with E-state index in [2.05, 4.69) is 84.0 Å². The number of pyridine rings is 1. The molecule has 1 aliphatic heterocycles. The van der Waals surface area contributed by atoms with E-state index in [0.717, 1.165) is 40.4 Å². The van der Waals surface area contributed by atoms with Gasteiger partial charge in [0.05, 0.1) is 17.8 Å². The third-order valence-electron chi connectivity index (χ3n) is 7.70. The van der Waals surface area contributed by atoms with E-state index in [1.807, 2.05) is 48.7 Å². The Balaban J connectivity index is 1.48. The first-order valence-electron chi connectivity index (χ1n) is 13.9. The minimum atomic E-state index is -0.134. The molecular weight excluding hydrogens is 514 g/mol. The lowest BCUT2D eigenvalue weighted by atomic mass is 9.96. The molecule has 2 N–H and O–H groups in total. The topological polar surface area (TPSA) is 62.2 Å². The smallest absolute Gasteiger partial charge is 0.226 e. The Hall–Kier alpha value is -3.97. The average Bonchev–Trinajstić information content (AvgIpc) is 3.41. The van der Waals surface area contributed by atoms with Crippen LogP contribution in [-0.4, -0.2) is 32.0 Å². The number of para-hydroxylation sites is 1. The molecule has 206 valence electrons. The van der Waals surface area contributed by atoms with Crippen LogP contribution in [0.25, 0.3) is 5.69 Å². The maximum Gasteiger partial charge on any atom is 0.226 e. The van der Waals surface area contributed by atoms with Gasteiger partial charge in [-0.25, -0.2) is 0 Å². The maximum atomic E-state index is 13.1. The Morgan fingerprint density at radius 1 is 1.00 bits per heavy atom. The van der Waals surface area contributed by atoms with Crippen molar-refractivity contribution in [1.29, 1.82) is 0 Å². The lowest BCUT2D eigenvalue weighted by molar-refractivity contribution is -0.116. The molecule has 0 unspecified atom stereocenters. The first kappa shape index (κ1) is 27.6. The lowest BCUT2D eigenvalue weighted by Gasteiger charge is -2.28. The van der Waals surface area contributed by atoms with Gasteiger partial charge in [0.15, 0.2) is 5.11 Å². The molecule has 2 atom stereocenters. The highest BCUT2D eigenvalue weighted by atomic mass is 32.1. The van der Waals surface area contributed by atoms with Gasteiger partial charge in [-0.05, 0) is 105 Å². The highest BCUT2D eigenvalue weighted by molar-refractivity contribution is 7.80. The van der Waals surface area contributed by atoms with Crippen LogP contribution in [0.5, 0.6) is 0 Å². The molecule has 0 aliphatic carbocycles. The zero-order valence-electron chi connectivity index (χ0n) is 23.9. The fourth-order valence-electron chi connectivity index (χ4n) is 5.93. The van der Waals surface area contributed by atoms with E-state index in [1.54, 1.807) is 0 Å². The van der Waals surface area contributed by atoms with Gasteiger partial charge in [-0.3, -0.25) is 9.78 Å². The van der Waals surface area contributed by atoms with Gasteiger partial charge in [-0.1, -0.05) is 37.3 Å². The van der Waals surface area contributed by atoms with Crippen LogP contribution < -0.4 is 10.6 Å². The van der Waals surface area contributed by atoms with Crippen LogP contribution in [0.2, 0.25) is 0 Å². The number of carbonyl (C=O) groups excluding carboxylic acids is 1.